The van der Waals surface area contributed by atoms with Gasteiger partial charge in [0.2, 0.25) is 0 Å². The molecule has 0 radical (unpaired) electrons. The van der Waals surface area contributed by atoms with E-state index in [2.05, 4.69) is 25.7 Å². The van der Waals surface area contributed by atoms with Crippen molar-refractivity contribution < 1.29 is 9.53 Å². The second kappa shape index (κ2) is 10.6. The molecule has 1 N–H and O–H groups in total. The van der Waals surface area contributed by atoms with Crippen LogP contribution in [0.4, 0.5) is 0 Å². The summed E-state index contributed by atoms with van der Waals surface area (Å²) in [6.45, 7) is 2.04. The van der Waals surface area contributed by atoms with Gasteiger partial charge in [0.15, 0.2) is 11.0 Å². The third-order valence-corrected chi connectivity index (χ3v) is 5.64. The zero-order chi connectivity index (χ0) is 23.0. The van der Waals surface area contributed by atoms with Crippen molar-refractivity contribution in [2.24, 2.45) is 5.10 Å². The molecule has 2 aromatic carbocycles. The second-order valence-electron chi connectivity index (χ2n) is 7.07. The normalized spacial score (nSPS) is 11.0. The van der Waals surface area contributed by atoms with Gasteiger partial charge in [-0.1, -0.05) is 41.6 Å². The zero-order valence-corrected chi connectivity index (χ0v) is 19.0. The van der Waals surface area contributed by atoms with E-state index in [1.54, 1.807) is 37.9 Å². The molecule has 0 aliphatic carbocycles. The van der Waals surface area contributed by atoms with E-state index in [1.807, 2.05) is 60.0 Å². The number of rotatable bonds is 8. The molecule has 0 saturated heterocycles. The van der Waals surface area contributed by atoms with E-state index in [0.717, 1.165) is 28.1 Å². The molecule has 0 aliphatic heterocycles. The Bertz CT molecular complexity index is 1240. The molecule has 33 heavy (non-hydrogen) atoms. The molecule has 0 saturated carbocycles. The van der Waals surface area contributed by atoms with Crippen molar-refractivity contribution in [3.05, 3.63) is 84.2 Å². The van der Waals surface area contributed by atoms with Crippen LogP contribution in [0.5, 0.6) is 5.75 Å². The summed E-state index contributed by atoms with van der Waals surface area (Å²) in [6.07, 6.45) is 4.90. The molecule has 0 aliphatic rings. The average molecular weight is 459 g/mol. The maximum absolute atomic E-state index is 12.3. The van der Waals surface area contributed by atoms with Crippen LogP contribution in [0.15, 0.2) is 83.3 Å². The number of carbonyl (C=O) groups excluding carboxylic acids is 1. The quantitative estimate of drug-likeness (QED) is 0.245. The zero-order valence-electron chi connectivity index (χ0n) is 18.2. The number of pyridine rings is 1. The first-order valence-corrected chi connectivity index (χ1v) is 11.1. The molecule has 0 fully saturated rings. The van der Waals surface area contributed by atoms with Crippen LogP contribution in [0.3, 0.4) is 0 Å². The molecule has 9 heteroatoms. The van der Waals surface area contributed by atoms with Gasteiger partial charge in [-0.2, -0.15) is 5.10 Å². The standard InChI is InChI=1S/C24H22N6O2S/c1-17-3-5-19(6-4-17)23-28-29-24(30(23)20-7-9-21(32-2)10-8-20)33-16-22(31)27-26-15-18-11-13-25-14-12-18/h3-15H,16H2,1-2H3,(H,27,31)/b26-15+. The lowest BCUT2D eigenvalue weighted by Gasteiger charge is -2.11. The van der Waals surface area contributed by atoms with E-state index in [9.17, 15) is 4.79 Å². The van der Waals surface area contributed by atoms with Crippen LogP contribution in [-0.4, -0.2) is 44.7 Å². The Labute approximate surface area is 195 Å². The summed E-state index contributed by atoms with van der Waals surface area (Å²) >= 11 is 1.29. The Morgan fingerprint density at radius 3 is 2.48 bits per heavy atom. The second-order valence-corrected chi connectivity index (χ2v) is 8.01. The Morgan fingerprint density at radius 1 is 1.06 bits per heavy atom. The summed E-state index contributed by atoms with van der Waals surface area (Å²) in [5, 5.41) is 13.4. The van der Waals surface area contributed by atoms with E-state index >= 15 is 0 Å². The summed E-state index contributed by atoms with van der Waals surface area (Å²) in [4.78, 5) is 16.3. The third kappa shape index (κ3) is 5.64. The number of nitrogens with zero attached hydrogens (tertiary/aromatic N) is 5. The average Bonchev–Trinajstić information content (AvgIpc) is 3.28. The van der Waals surface area contributed by atoms with Crippen LogP contribution in [-0.2, 0) is 4.79 Å². The Hall–Kier alpha value is -3.98. The molecule has 2 heterocycles. The number of hydrogen-bond donors (Lipinski definition) is 1. The van der Waals surface area contributed by atoms with Crippen molar-refractivity contribution in [2.45, 2.75) is 12.1 Å². The third-order valence-electron chi connectivity index (χ3n) is 4.72. The number of aromatic nitrogens is 4. The van der Waals surface area contributed by atoms with Crippen LogP contribution >= 0.6 is 11.8 Å². The highest BCUT2D eigenvalue weighted by molar-refractivity contribution is 7.99. The van der Waals surface area contributed by atoms with E-state index in [0.29, 0.717) is 11.0 Å². The molecule has 0 unspecified atom stereocenters. The van der Waals surface area contributed by atoms with Gasteiger partial charge in [-0.15, -0.1) is 10.2 Å². The van der Waals surface area contributed by atoms with Crippen molar-refractivity contribution >= 4 is 23.9 Å². The van der Waals surface area contributed by atoms with E-state index in [4.69, 9.17) is 4.74 Å². The topological polar surface area (TPSA) is 94.3 Å². The maximum Gasteiger partial charge on any atom is 0.250 e. The van der Waals surface area contributed by atoms with Gasteiger partial charge in [0.1, 0.15) is 5.75 Å². The van der Waals surface area contributed by atoms with Gasteiger partial charge in [0, 0.05) is 23.6 Å². The summed E-state index contributed by atoms with van der Waals surface area (Å²) in [5.41, 5.74) is 6.35. The molecule has 4 rings (SSSR count). The molecule has 166 valence electrons. The van der Waals surface area contributed by atoms with Crippen LogP contribution in [0, 0.1) is 6.92 Å². The Morgan fingerprint density at radius 2 is 1.79 bits per heavy atom. The maximum atomic E-state index is 12.3. The number of aryl methyl sites for hydroxylation is 1. The lowest BCUT2D eigenvalue weighted by molar-refractivity contribution is -0.118. The number of hydrogen-bond acceptors (Lipinski definition) is 7. The number of benzene rings is 2. The van der Waals surface area contributed by atoms with Crippen molar-refractivity contribution in [1.82, 2.24) is 25.2 Å². The highest BCUT2D eigenvalue weighted by Gasteiger charge is 2.17. The Kier molecular flexibility index (Phi) is 7.11. The first-order valence-electron chi connectivity index (χ1n) is 10.2. The highest BCUT2D eigenvalue weighted by Crippen LogP contribution is 2.29. The first kappa shape index (κ1) is 22.2. The molecule has 8 nitrogen and oxygen atoms in total. The number of hydrazone groups is 1. The number of methoxy groups -OCH3 is 1. The molecular weight excluding hydrogens is 436 g/mol. The minimum absolute atomic E-state index is 0.135. The summed E-state index contributed by atoms with van der Waals surface area (Å²) in [5.74, 6) is 1.34. The molecule has 4 aromatic rings. The predicted molar refractivity (Wildman–Crippen MR) is 129 cm³/mol. The van der Waals surface area contributed by atoms with Gasteiger partial charge in [-0.25, -0.2) is 5.43 Å². The summed E-state index contributed by atoms with van der Waals surface area (Å²) < 4.78 is 7.21. The lowest BCUT2D eigenvalue weighted by atomic mass is 10.1. The smallest absolute Gasteiger partial charge is 0.250 e. The fourth-order valence-corrected chi connectivity index (χ4v) is 3.75. The number of amides is 1. The largest absolute Gasteiger partial charge is 0.497 e. The number of ether oxygens (including phenoxy) is 1. The van der Waals surface area contributed by atoms with Gasteiger partial charge in [-0.05, 0) is 48.9 Å². The van der Waals surface area contributed by atoms with Gasteiger partial charge in [0.25, 0.3) is 5.91 Å². The predicted octanol–water partition coefficient (Wildman–Crippen LogP) is 3.89. The summed E-state index contributed by atoms with van der Waals surface area (Å²) in [7, 11) is 1.63. The van der Waals surface area contributed by atoms with Crippen molar-refractivity contribution in [1.29, 1.82) is 0 Å². The minimum atomic E-state index is -0.244. The van der Waals surface area contributed by atoms with Crippen LogP contribution < -0.4 is 10.2 Å². The number of carbonyl (C=O) groups is 1. The van der Waals surface area contributed by atoms with Crippen molar-refractivity contribution in [2.75, 3.05) is 12.9 Å². The minimum Gasteiger partial charge on any atom is -0.497 e. The molecule has 2 aromatic heterocycles. The van der Waals surface area contributed by atoms with Crippen molar-refractivity contribution in [3.63, 3.8) is 0 Å². The van der Waals surface area contributed by atoms with Gasteiger partial charge < -0.3 is 4.74 Å². The van der Waals surface area contributed by atoms with E-state index < -0.39 is 0 Å². The summed E-state index contributed by atoms with van der Waals surface area (Å²) in [6, 6.07) is 19.3. The van der Waals surface area contributed by atoms with Crippen LogP contribution in [0.2, 0.25) is 0 Å². The van der Waals surface area contributed by atoms with Crippen LogP contribution in [0.25, 0.3) is 17.1 Å². The SMILES string of the molecule is COc1ccc(-n2c(SCC(=O)N/N=C/c3ccncc3)nnc2-c2ccc(C)cc2)cc1. The van der Waals surface area contributed by atoms with Gasteiger partial charge in [0.05, 0.1) is 19.1 Å². The molecule has 0 atom stereocenters. The number of thioether (sulfide) groups is 1. The fourth-order valence-electron chi connectivity index (χ4n) is 3.01. The molecule has 1 amide bonds. The molecule has 0 spiro atoms. The monoisotopic (exact) mass is 458 g/mol. The van der Waals surface area contributed by atoms with Crippen LogP contribution in [0.1, 0.15) is 11.1 Å². The first-order chi connectivity index (χ1) is 16.1. The number of nitrogens with one attached hydrogen (secondary N) is 1. The van der Waals surface area contributed by atoms with E-state index in [1.165, 1.54) is 11.8 Å². The van der Waals surface area contributed by atoms with Gasteiger partial charge in [-0.3, -0.25) is 14.3 Å². The lowest BCUT2D eigenvalue weighted by Crippen LogP contribution is -2.20. The fraction of sp³-hybridized carbons (Fsp3) is 0.125. The highest BCUT2D eigenvalue weighted by atomic mass is 32.2. The Balaban J connectivity index is 1.53. The van der Waals surface area contributed by atoms with Crippen molar-refractivity contribution in [3.8, 4) is 22.8 Å². The van der Waals surface area contributed by atoms with Gasteiger partial charge >= 0.3 is 0 Å². The molecule has 0 bridgehead atoms. The molecular formula is C24H22N6O2S. The van der Waals surface area contributed by atoms with E-state index in [-0.39, 0.29) is 11.7 Å².